The molecule has 0 spiro atoms. The third kappa shape index (κ3) is 2.04. The van der Waals surface area contributed by atoms with Crippen molar-refractivity contribution in [2.75, 3.05) is 11.9 Å². The fourth-order valence-corrected chi connectivity index (χ4v) is 2.32. The van der Waals surface area contributed by atoms with Gasteiger partial charge in [-0.25, -0.2) is 9.97 Å². The van der Waals surface area contributed by atoms with Crippen molar-refractivity contribution in [3.8, 4) is 0 Å². The molecule has 4 nitrogen and oxygen atoms in total. The zero-order valence-electron chi connectivity index (χ0n) is 10.7. The van der Waals surface area contributed by atoms with Gasteiger partial charge in [0.15, 0.2) is 0 Å². The topological polar surface area (TPSA) is 47.0 Å². The van der Waals surface area contributed by atoms with Gasteiger partial charge in [-0.1, -0.05) is 12.1 Å². The summed E-state index contributed by atoms with van der Waals surface area (Å²) in [6.07, 6.45) is 1.26. The second-order valence-electron chi connectivity index (χ2n) is 4.76. The lowest BCUT2D eigenvalue weighted by atomic mass is 10.1. The average molecular weight is 243 g/mol. The fourth-order valence-electron chi connectivity index (χ4n) is 2.32. The number of rotatable bonds is 2. The Hall–Kier alpha value is -1.68. The van der Waals surface area contributed by atoms with Crippen molar-refractivity contribution in [1.29, 1.82) is 0 Å². The molecule has 18 heavy (non-hydrogen) atoms. The highest BCUT2D eigenvalue weighted by molar-refractivity contribution is 5.76. The van der Waals surface area contributed by atoms with Crippen LogP contribution in [0.2, 0.25) is 0 Å². The SMILES string of the molecule is Cc1nc2ccccc2nc1NC1CCOC1C. The Morgan fingerprint density at radius 2 is 1.94 bits per heavy atom. The second-order valence-corrected chi connectivity index (χ2v) is 4.76. The van der Waals surface area contributed by atoms with Gasteiger partial charge in [0.1, 0.15) is 5.82 Å². The molecule has 1 aliphatic heterocycles. The molecule has 2 atom stereocenters. The molecule has 0 saturated carbocycles. The van der Waals surface area contributed by atoms with E-state index in [9.17, 15) is 0 Å². The molecule has 0 amide bonds. The van der Waals surface area contributed by atoms with Gasteiger partial charge in [0, 0.05) is 6.61 Å². The van der Waals surface area contributed by atoms with E-state index >= 15 is 0 Å². The summed E-state index contributed by atoms with van der Waals surface area (Å²) in [4.78, 5) is 9.22. The van der Waals surface area contributed by atoms with Crippen LogP contribution in [0.25, 0.3) is 11.0 Å². The molecular formula is C14H17N3O. The Balaban J connectivity index is 1.93. The Morgan fingerprint density at radius 1 is 1.22 bits per heavy atom. The fraction of sp³-hybridized carbons (Fsp3) is 0.429. The van der Waals surface area contributed by atoms with Gasteiger partial charge in [-0.3, -0.25) is 0 Å². The summed E-state index contributed by atoms with van der Waals surface area (Å²) in [7, 11) is 0. The maximum absolute atomic E-state index is 5.55. The second kappa shape index (κ2) is 4.53. The van der Waals surface area contributed by atoms with Crippen molar-refractivity contribution in [3.63, 3.8) is 0 Å². The molecule has 2 unspecified atom stereocenters. The molecule has 94 valence electrons. The van der Waals surface area contributed by atoms with Crippen molar-refractivity contribution < 1.29 is 4.74 Å². The molecule has 2 heterocycles. The summed E-state index contributed by atoms with van der Waals surface area (Å²) in [5.41, 5.74) is 2.81. The number of anilines is 1. The van der Waals surface area contributed by atoms with Crippen LogP contribution in [-0.2, 0) is 4.74 Å². The van der Waals surface area contributed by atoms with E-state index in [-0.39, 0.29) is 6.10 Å². The summed E-state index contributed by atoms with van der Waals surface area (Å²) >= 11 is 0. The quantitative estimate of drug-likeness (QED) is 0.880. The summed E-state index contributed by atoms with van der Waals surface area (Å²) < 4.78 is 5.55. The minimum atomic E-state index is 0.234. The van der Waals surface area contributed by atoms with Crippen LogP contribution in [0.4, 0.5) is 5.82 Å². The van der Waals surface area contributed by atoms with E-state index in [0.29, 0.717) is 6.04 Å². The van der Waals surface area contributed by atoms with Crippen molar-refractivity contribution >= 4 is 16.9 Å². The lowest BCUT2D eigenvalue weighted by Crippen LogP contribution is -2.27. The van der Waals surface area contributed by atoms with Crippen molar-refractivity contribution in [2.45, 2.75) is 32.4 Å². The number of aromatic nitrogens is 2. The van der Waals surface area contributed by atoms with Crippen LogP contribution < -0.4 is 5.32 Å². The molecule has 0 radical (unpaired) electrons. The molecule has 1 aromatic heterocycles. The largest absolute Gasteiger partial charge is 0.376 e. The lowest BCUT2D eigenvalue weighted by molar-refractivity contribution is 0.121. The number of benzene rings is 1. The predicted octanol–water partition coefficient (Wildman–Crippen LogP) is 2.53. The summed E-state index contributed by atoms with van der Waals surface area (Å²) in [5, 5.41) is 3.45. The molecule has 1 fully saturated rings. The van der Waals surface area contributed by atoms with Gasteiger partial charge >= 0.3 is 0 Å². The van der Waals surface area contributed by atoms with Gasteiger partial charge in [0.05, 0.1) is 28.9 Å². The van der Waals surface area contributed by atoms with Crippen molar-refractivity contribution in [3.05, 3.63) is 30.0 Å². The highest BCUT2D eigenvalue weighted by Gasteiger charge is 2.24. The van der Waals surface area contributed by atoms with Crippen LogP contribution in [0, 0.1) is 6.92 Å². The number of hydrogen-bond donors (Lipinski definition) is 1. The van der Waals surface area contributed by atoms with Crippen molar-refractivity contribution in [2.24, 2.45) is 0 Å². The molecule has 1 saturated heterocycles. The summed E-state index contributed by atoms with van der Waals surface area (Å²) in [6, 6.07) is 8.27. The van der Waals surface area contributed by atoms with Crippen LogP contribution in [-0.4, -0.2) is 28.7 Å². The van der Waals surface area contributed by atoms with E-state index in [1.807, 2.05) is 31.2 Å². The van der Waals surface area contributed by atoms with E-state index in [1.165, 1.54) is 0 Å². The zero-order chi connectivity index (χ0) is 12.5. The monoisotopic (exact) mass is 243 g/mol. The smallest absolute Gasteiger partial charge is 0.148 e. The number of nitrogens with zero attached hydrogens (tertiary/aromatic N) is 2. The normalized spacial score (nSPS) is 23.4. The third-order valence-corrected chi connectivity index (χ3v) is 3.44. The predicted molar refractivity (Wildman–Crippen MR) is 71.7 cm³/mol. The Bertz CT molecular complexity index is 570. The van der Waals surface area contributed by atoms with Crippen LogP contribution in [0.3, 0.4) is 0 Å². The van der Waals surface area contributed by atoms with Gasteiger partial charge in [-0.2, -0.15) is 0 Å². The Labute approximate surface area is 106 Å². The zero-order valence-corrected chi connectivity index (χ0v) is 10.7. The maximum Gasteiger partial charge on any atom is 0.148 e. The van der Waals surface area contributed by atoms with E-state index in [4.69, 9.17) is 4.74 Å². The number of aryl methyl sites for hydroxylation is 1. The molecule has 1 aromatic carbocycles. The first-order chi connectivity index (χ1) is 8.74. The first-order valence-corrected chi connectivity index (χ1v) is 6.35. The van der Waals surface area contributed by atoms with Crippen molar-refractivity contribution in [1.82, 2.24) is 9.97 Å². The first-order valence-electron chi connectivity index (χ1n) is 6.35. The molecule has 3 rings (SSSR count). The summed E-state index contributed by atoms with van der Waals surface area (Å²) in [5.74, 6) is 0.871. The minimum Gasteiger partial charge on any atom is -0.376 e. The molecule has 2 aromatic rings. The van der Waals surface area contributed by atoms with Gasteiger partial charge in [-0.15, -0.1) is 0 Å². The Morgan fingerprint density at radius 3 is 2.61 bits per heavy atom. The van der Waals surface area contributed by atoms with Crippen LogP contribution in [0.1, 0.15) is 19.0 Å². The van der Waals surface area contributed by atoms with Gasteiger partial charge in [0.25, 0.3) is 0 Å². The molecule has 4 heteroatoms. The average Bonchev–Trinajstić information content (AvgIpc) is 2.76. The number of fused-ring (bicyclic) bond motifs is 1. The highest BCUT2D eigenvalue weighted by Crippen LogP contribution is 2.21. The molecule has 1 aliphatic rings. The van der Waals surface area contributed by atoms with Gasteiger partial charge in [0.2, 0.25) is 0 Å². The van der Waals surface area contributed by atoms with E-state index < -0.39 is 0 Å². The van der Waals surface area contributed by atoms with Gasteiger partial charge in [-0.05, 0) is 32.4 Å². The molecule has 1 N–H and O–H groups in total. The van der Waals surface area contributed by atoms with E-state index in [1.54, 1.807) is 0 Å². The Kier molecular flexibility index (Phi) is 2.88. The maximum atomic E-state index is 5.55. The summed E-state index contributed by atoms with van der Waals surface area (Å²) in [6.45, 7) is 4.90. The first kappa shape index (κ1) is 11.4. The number of para-hydroxylation sites is 2. The number of nitrogens with one attached hydrogen (secondary N) is 1. The molecule has 0 aliphatic carbocycles. The molecular weight excluding hydrogens is 226 g/mol. The minimum absolute atomic E-state index is 0.234. The highest BCUT2D eigenvalue weighted by atomic mass is 16.5. The van der Waals surface area contributed by atoms with E-state index in [0.717, 1.165) is 35.6 Å². The number of hydrogen-bond acceptors (Lipinski definition) is 4. The molecule has 0 bridgehead atoms. The lowest BCUT2D eigenvalue weighted by Gasteiger charge is -2.18. The van der Waals surface area contributed by atoms with Crippen LogP contribution >= 0.6 is 0 Å². The standard InChI is InChI=1S/C14H17N3O/c1-9-14(16-11-7-8-18-10(11)2)17-13-6-4-3-5-12(13)15-9/h3-6,10-11H,7-8H2,1-2H3,(H,16,17). The van der Waals surface area contributed by atoms with E-state index in [2.05, 4.69) is 22.2 Å². The number of ether oxygens (including phenoxy) is 1. The van der Waals surface area contributed by atoms with Crippen LogP contribution in [0.15, 0.2) is 24.3 Å². The van der Waals surface area contributed by atoms with Crippen LogP contribution in [0.5, 0.6) is 0 Å². The van der Waals surface area contributed by atoms with Gasteiger partial charge < -0.3 is 10.1 Å². The third-order valence-electron chi connectivity index (χ3n) is 3.44.